The minimum Gasteiger partial charge on any atom is -0.342 e. The minimum absolute atomic E-state index is 0.478. The molecule has 0 saturated heterocycles. The molecule has 0 aliphatic carbocycles. The van der Waals surface area contributed by atoms with Gasteiger partial charge in [-0.1, -0.05) is 53.5 Å². The van der Waals surface area contributed by atoms with E-state index in [2.05, 4.69) is 32.7 Å². The van der Waals surface area contributed by atoms with Crippen molar-refractivity contribution in [2.45, 2.75) is 13.5 Å². The molecular formula is C26H18Cl2N4. The van der Waals surface area contributed by atoms with Crippen LogP contribution in [0, 0.1) is 18.3 Å². The van der Waals surface area contributed by atoms with Crippen LogP contribution in [0.3, 0.4) is 0 Å². The number of hydrogen-bond donors (Lipinski definition) is 1. The first kappa shape index (κ1) is 20.4. The second-order valence-corrected chi connectivity index (χ2v) is 8.58. The predicted molar refractivity (Wildman–Crippen MR) is 132 cm³/mol. The van der Waals surface area contributed by atoms with Crippen LogP contribution >= 0.6 is 23.2 Å². The molecule has 0 spiro atoms. The third kappa shape index (κ3) is 3.78. The van der Waals surface area contributed by atoms with Crippen LogP contribution in [0.4, 0.5) is 0 Å². The van der Waals surface area contributed by atoms with E-state index in [1.807, 2.05) is 61.7 Å². The molecular weight excluding hydrogens is 439 g/mol. The Balaban J connectivity index is 1.60. The van der Waals surface area contributed by atoms with E-state index >= 15 is 0 Å². The lowest BCUT2D eigenvalue weighted by molar-refractivity contribution is 0.836. The van der Waals surface area contributed by atoms with E-state index in [9.17, 15) is 5.26 Å². The Morgan fingerprint density at radius 3 is 2.78 bits per heavy atom. The number of para-hydroxylation sites is 1. The fraction of sp³-hybridized carbons (Fsp3) is 0.0769. The number of benzene rings is 3. The second-order valence-electron chi connectivity index (χ2n) is 7.74. The van der Waals surface area contributed by atoms with Crippen molar-refractivity contribution in [1.29, 1.82) is 5.26 Å². The van der Waals surface area contributed by atoms with Crippen molar-refractivity contribution in [3.05, 3.63) is 99.4 Å². The van der Waals surface area contributed by atoms with E-state index in [1.165, 1.54) is 0 Å². The van der Waals surface area contributed by atoms with E-state index < -0.39 is 0 Å². The Kier molecular flexibility index (Phi) is 5.22. The predicted octanol–water partition coefficient (Wildman–Crippen LogP) is 7.25. The van der Waals surface area contributed by atoms with Gasteiger partial charge in [0.1, 0.15) is 11.9 Å². The fourth-order valence-corrected chi connectivity index (χ4v) is 4.38. The van der Waals surface area contributed by atoms with Crippen molar-refractivity contribution < 1.29 is 0 Å². The molecule has 0 bridgehead atoms. The maximum Gasteiger partial charge on any atom is 0.149 e. The molecule has 32 heavy (non-hydrogen) atoms. The molecule has 0 atom stereocenters. The van der Waals surface area contributed by atoms with Crippen LogP contribution in [0.5, 0.6) is 0 Å². The Bertz CT molecular complexity index is 1550. The highest BCUT2D eigenvalue weighted by Gasteiger charge is 2.13. The van der Waals surface area contributed by atoms with Crippen molar-refractivity contribution in [2.75, 3.05) is 0 Å². The summed E-state index contributed by atoms with van der Waals surface area (Å²) in [4.78, 5) is 7.89. The van der Waals surface area contributed by atoms with Gasteiger partial charge in [-0.2, -0.15) is 5.26 Å². The number of nitriles is 1. The van der Waals surface area contributed by atoms with Gasteiger partial charge in [-0.05, 0) is 54.5 Å². The van der Waals surface area contributed by atoms with Crippen LogP contribution in [0.15, 0.2) is 66.9 Å². The number of allylic oxidation sites excluding steroid dienone is 1. The average Bonchev–Trinajstić information content (AvgIpc) is 3.35. The van der Waals surface area contributed by atoms with Gasteiger partial charge in [-0.25, -0.2) is 4.98 Å². The zero-order chi connectivity index (χ0) is 22.2. The monoisotopic (exact) mass is 456 g/mol. The summed E-state index contributed by atoms with van der Waals surface area (Å²) in [5, 5.41) is 12.2. The van der Waals surface area contributed by atoms with Gasteiger partial charge in [0, 0.05) is 39.3 Å². The number of aromatic amines is 1. The number of aromatic nitrogens is 3. The van der Waals surface area contributed by atoms with Crippen LogP contribution in [0.1, 0.15) is 22.5 Å². The molecule has 6 heteroatoms. The molecule has 2 aromatic heterocycles. The molecule has 0 aliphatic heterocycles. The lowest BCUT2D eigenvalue weighted by atomic mass is 10.1. The minimum atomic E-state index is 0.478. The summed E-state index contributed by atoms with van der Waals surface area (Å²) in [5.74, 6) is 0.561. The number of nitrogens with one attached hydrogen (secondary N) is 1. The number of rotatable bonds is 4. The molecule has 0 saturated carbocycles. The quantitative estimate of drug-likeness (QED) is 0.289. The molecule has 5 aromatic rings. The van der Waals surface area contributed by atoms with Gasteiger partial charge in [0.05, 0.1) is 16.6 Å². The average molecular weight is 457 g/mol. The topological polar surface area (TPSA) is 57.4 Å². The molecule has 2 heterocycles. The molecule has 1 N–H and O–H groups in total. The van der Waals surface area contributed by atoms with E-state index in [-0.39, 0.29) is 0 Å². The van der Waals surface area contributed by atoms with Gasteiger partial charge >= 0.3 is 0 Å². The molecule has 0 unspecified atom stereocenters. The summed E-state index contributed by atoms with van der Waals surface area (Å²) in [7, 11) is 0. The smallest absolute Gasteiger partial charge is 0.149 e. The van der Waals surface area contributed by atoms with Crippen molar-refractivity contribution in [3.63, 3.8) is 0 Å². The highest BCUT2D eigenvalue weighted by atomic mass is 35.5. The summed E-state index contributed by atoms with van der Waals surface area (Å²) in [6.45, 7) is 2.62. The third-order valence-electron chi connectivity index (χ3n) is 5.49. The van der Waals surface area contributed by atoms with Gasteiger partial charge in [-0.3, -0.25) is 0 Å². The molecule has 156 valence electrons. The van der Waals surface area contributed by atoms with E-state index in [0.717, 1.165) is 38.6 Å². The molecule has 3 aromatic carbocycles. The largest absolute Gasteiger partial charge is 0.342 e. The lowest BCUT2D eigenvalue weighted by Gasteiger charge is -2.08. The molecule has 0 amide bonds. The number of hydrogen-bond acceptors (Lipinski definition) is 2. The standard InChI is InChI=1S/C26H18Cl2N4/c1-16-6-9-23-24(10-16)31-26(30-23)18(13-29)11-19-15-32(25-5-3-2-4-21(19)25)14-17-7-8-20(27)12-22(17)28/h2-12,15H,14H2,1H3,(H,30,31)/b18-11+. The Labute approximate surface area is 195 Å². The highest BCUT2D eigenvalue weighted by Crippen LogP contribution is 2.29. The molecule has 0 aliphatic rings. The Hall–Kier alpha value is -3.52. The zero-order valence-corrected chi connectivity index (χ0v) is 18.7. The van der Waals surface area contributed by atoms with Gasteiger partial charge < -0.3 is 9.55 Å². The number of halogens is 2. The summed E-state index contributed by atoms with van der Waals surface area (Å²) < 4.78 is 2.13. The molecule has 0 radical (unpaired) electrons. The third-order valence-corrected chi connectivity index (χ3v) is 6.07. The van der Waals surface area contributed by atoms with Crippen molar-refractivity contribution >= 4 is 56.8 Å². The highest BCUT2D eigenvalue weighted by molar-refractivity contribution is 6.35. The van der Waals surface area contributed by atoms with E-state index in [0.29, 0.717) is 28.0 Å². The first-order valence-corrected chi connectivity index (χ1v) is 10.9. The maximum atomic E-state index is 9.88. The first-order valence-electron chi connectivity index (χ1n) is 10.1. The molecule has 0 fully saturated rings. The van der Waals surface area contributed by atoms with Crippen molar-refractivity contribution in [2.24, 2.45) is 0 Å². The van der Waals surface area contributed by atoms with E-state index in [4.69, 9.17) is 23.2 Å². The van der Waals surface area contributed by atoms with Crippen molar-refractivity contribution in [1.82, 2.24) is 14.5 Å². The normalized spacial score (nSPS) is 11.9. The summed E-state index contributed by atoms with van der Waals surface area (Å²) >= 11 is 12.5. The maximum absolute atomic E-state index is 9.88. The summed E-state index contributed by atoms with van der Waals surface area (Å²) in [5.41, 5.74) is 6.35. The lowest BCUT2D eigenvalue weighted by Crippen LogP contribution is -1.98. The fourth-order valence-electron chi connectivity index (χ4n) is 3.91. The summed E-state index contributed by atoms with van der Waals surface area (Å²) in [6.07, 6.45) is 3.92. The van der Waals surface area contributed by atoms with Gasteiger partial charge in [0.2, 0.25) is 0 Å². The number of fused-ring (bicyclic) bond motifs is 2. The second kappa shape index (κ2) is 8.20. The van der Waals surface area contributed by atoms with Gasteiger partial charge in [0.15, 0.2) is 0 Å². The summed E-state index contributed by atoms with van der Waals surface area (Å²) in [6, 6.07) is 21.9. The van der Waals surface area contributed by atoms with Crippen LogP contribution in [0.25, 0.3) is 33.6 Å². The van der Waals surface area contributed by atoms with Gasteiger partial charge in [0.25, 0.3) is 0 Å². The van der Waals surface area contributed by atoms with Crippen LogP contribution in [0.2, 0.25) is 10.0 Å². The number of aryl methyl sites for hydroxylation is 1. The number of imidazole rings is 1. The number of H-pyrrole nitrogens is 1. The zero-order valence-electron chi connectivity index (χ0n) is 17.2. The number of nitrogens with zero attached hydrogens (tertiary/aromatic N) is 3. The van der Waals surface area contributed by atoms with E-state index in [1.54, 1.807) is 6.07 Å². The molecule has 5 rings (SSSR count). The SMILES string of the molecule is Cc1ccc2nc(/C(C#N)=C/c3cn(Cc4ccc(Cl)cc4Cl)c4ccccc34)[nH]c2c1. The van der Waals surface area contributed by atoms with Gasteiger partial charge in [-0.15, -0.1) is 0 Å². The van der Waals surface area contributed by atoms with Crippen LogP contribution in [-0.2, 0) is 6.54 Å². The van der Waals surface area contributed by atoms with Crippen LogP contribution < -0.4 is 0 Å². The van der Waals surface area contributed by atoms with Crippen LogP contribution in [-0.4, -0.2) is 14.5 Å². The Morgan fingerprint density at radius 1 is 1.12 bits per heavy atom. The Morgan fingerprint density at radius 2 is 1.97 bits per heavy atom. The molecule has 4 nitrogen and oxygen atoms in total. The first-order chi connectivity index (χ1) is 15.5. The van der Waals surface area contributed by atoms with Crippen molar-refractivity contribution in [3.8, 4) is 6.07 Å².